The predicted molar refractivity (Wildman–Crippen MR) is 112 cm³/mol. The molecule has 1 atom stereocenters. The molecule has 162 valence electrons. The number of likely N-dealkylation sites (tertiary alicyclic amines) is 1. The minimum Gasteiger partial charge on any atom is -0.487 e. The minimum absolute atomic E-state index is 0.111. The maximum Gasteiger partial charge on any atom is 0.225 e. The second-order valence-corrected chi connectivity index (χ2v) is 9.48. The van der Waals surface area contributed by atoms with Crippen molar-refractivity contribution < 1.29 is 19.1 Å². The van der Waals surface area contributed by atoms with E-state index in [-0.39, 0.29) is 29.3 Å². The lowest BCUT2D eigenvalue weighted by atomic mass is 9.76. The van der Waals surface area contributed by atoms with Gasteiger partial charge in [-0.25, -0.2) is 0 Å². The number of benzene rings is 1. The Bertz CT molecular complexity index is 792. The van der Waals surface area contributed by atoms with Crippen LogP contribution in [0.1, 0.15) is 62.8 Å². The lowest BCUT2D eigenvalue weighted by molar-refractivity contribution is -0.142. The summed E-state index contributed by atoms with van der Waals surface area (Å²) in [5.41, 5.74) is 0.875. The Morgan fingerprint density at radius 1 is 1.07 bits per heavy atom. The molecule has 3 heterocycles. The first-order valence-corrected chi connectivity index (χ1v) is 11.6. The number of nitrogens with zero attached hydrogens (tertiary/aromatic N) is 1. The lowest BCUT2D eigenvalue weighted by Gasteiger charge is -2.47. The van der Waals surface area contributed by atoms with Crippen LogP contribution in [0.4, 0.5) is 0 Å². The molecular formula is C24H32N2O4. The van der Waals surface area contributed by atoms with Crippen LogP contribution in [-0.4, -0.2) is 54.7 Å². The zero-order valence-electron chi connectivity index (χ0n) is 17.6. The topological polar surface area (TPSA) is 67.9 Å². The van der Waals surface area contributed by atoms with Crippen molar-refractivity contribution in [3.63, 3.8) is 0 Å². The van der Waals surface area contributed by atoms with Gasteiger partial charge in [0.25, 0.3) is 0 Å². The van der Waals surface area contributed by atoms with Gasteiger partial charge in [-0.1, -0.05) is 18.2 Å². The molecule has 6 nitrogen and oxygen atoms in total. The number of piperidine rings is 1. The van der Waals surface area contributed by atoms with Crippen LogP contribution in [0.3, 0.4) is 0 Å². The molecule has 1 N–H and O–H groups in total. The highest BCUT2D eigenvalue weighted by Crippen LogP contribution is 2.46. The average Bonchev–Trinajstić information content (AvgIpc) is 3.58. The van der Waals surface area contributed by atoms with Crippen LogP contribution in [0.15, 0.2) is 24.3 Å². The van der Waals surface area contributed by atoms with E-state index in [0.29, 0.717) is 25.7 Å². The van der Waals surface area contributed by atoms with Gasteiger partial charge in [-0.3, -0.25) is 9.59 Å². The van der Waals surface area contributed by atoms with Crippen molar-refractivity contribution in [2.45, 2.75) is 68.9 Å². The normalized spacial score (nSPS) is 26.0. The third kappa shape index (κ3) is 4.20. The van der Waals surface area contributed by atoms with Crippen LogP contribution in [0, 0.1) is 5.92 Å². The molecule has 1 aromatic rings. The summed E-state index contributed by atoms with van der Waals surface area (Å²) in [7, 11) is 0. The molecule has 1 aliphatic carbocycles. The Labute approximate surface area is 178 Å². The van der Waals surface area contributed by atoms with E-state index < -0.39 is 0 Å². The van der Waals surface area contributed by atoms with E-state index in [1.54, 1.807) is 0 Å². The van der Waals surface area contributed by atoms with Crippen LogP contribution in [0.25, 0.3) is 0 Å². The number of para-hydroxylation sites is 1. The van der Waals surface area contributed by atoms with Gasteiger partial charge < -0.3 is 19.7 Å². The molecule has 0 radical (unpaired) electrons. The number of carbonyl (C=O) groups excluding carboxylic acids is 2. The molecule has 2 amide bonds. The van der Waals surface area contributed by atoms with Crippen LogP contribution in [0.2, 0.25) is 0 Å². The van der Waals surface area contributed by atoms with Crippen molar-refractivity contribution in [3.05, 3.63) is 29.8 Å². The Morgan fingerprint density at radius 3 is 2.53 bits per heavy atom. The van der Waals surface area contributed by atoms with Crippen molar-refractivity contribution in [3.8, 4) is 5.75 Å². The van der Waals surface area contributed by atoms with Crippen LogP contribution in [-0.2, 0) is 14.3 Å². The maximum absolute atomic E-state index is 12.9. The fraction of sp³-hybridized carbons (Fsp3) is 0.667. The molecule has 2 saturated heterocycles. The van der Waals surface area contributed by atoms with Crippen LogP contribution < -0.4 is 10.1 Å². The number of carbonyl (C=O) groups is 2. The molecule has 30 heavy (non-hydrogen) atoms. The summed E-state index contributed by atoms with van der Waals surface area (Å²) in [5, 5.41) is 3.14. The van der Waals surface area contributed by atoms with Gasteiger partial charge in [0.2, 0.25) is 11.8 Å². The van der Waals surface area contributed by atoms with E-state index in [1.165, 1.54) is 0 Å². The molecule has 0 bridgehead atoms. The molecule has 4 aliphatic rings. The van der Waals surface area contributed by atoms with E-state index in [4.69, 9.17) is 9.47 Å². The monoisotopic (exact) mass is 412 g/mol. The fourth-order valence-corrected chi connectivity index (χ4v) is 5.31. The zero-order valence-corrected chi connectivity index (χ0v) is 17.6. The van der Waals surface area contributed by atoms with Gasteiger partial charge in [0.15, 0.2) is 0 Å². The molecule has 3 fully saturated rings. The van der Waals surface area contributed by atoms with Crippen molar-refractivity contribution >= 4 is 11.8 Å². The van der Waals surface area contributed by atoms with E-state index >= 15 is 0 Å². The number of fused-ring (bicyclic) bond motifs is 1. The van der Waals surface area contributed by atoms with Gasteiger partial charge in [-0.15, -0.1) is 0 Å². The second kappa shape index (κ2) is 8.22. The van der Waals surface area contributed by atoms with Crippen molar-refractivity contribution in [2.24, 2.45) is 5.92 Å². The summed E-state index contributed by atoms with van der Waals surface area (Å²) < 4.78 is 12.0. The van der Waals surface area contributed by atoms with Crippen molar-refractivity contribution in [1.82, 2.24) is 10.2 Å². The highest BCUT2D eigenvalue weighted by atomic mass is 16.5. The van der Waals surface area contributed by atoms with Gasteiger partial charge >= 0.3 is 0 Å². The molecule has 0 aromatic heterocycles. The Hall–Kier alpha value is -2.08. The zero-order chi connectivity index (χ0) is 20.6. The summed E-state index contributed by atoms with van der Waals surface area (Å²) in [6.07, 6.45) is 6.91. The SMILES string of the molecule is O=C(C[C@@H]1CC2(CCN(C(=O)C3CCOCC3)CC2)Oc2ccccc21)NC1CC1. The van der Waals surface area contributed by atoms with Crippen molar-refractivity contribution in [2.75, 3.05) is 26.3 Å². The third-order valence-corrected chi connectivity index (χ3v) is 7.23. The van der Waals surface area contributed by atoms with Crippen molar-refractivity contribution in [1.29, 1.82) is 0 Å². The molecule has 1 saturated carbocycles. The highest BCUT2D eigenvalue weighted by Gasteiger charge is 2.45. The minimum atomic E-state index is -0.272. The molecule has 1 spiro atoms. The first-order valence-electron chi connectivity index (χ1n) is 11.6. The third-order valence-electron chi connectivity index (χ3n) is 7.23. The Kier molecular flexibility index (Phi) is 5.44. The number of hydrogen-bond acceptors (Lipinski definition) is 4. The number of amides is 2. The van der Waals surface area contributed by atoms with E-state index in [0.717, 1.165) is 69.3 Å². The second-order valence-electron chi connectivity index (χ2n) is 9.48. The van der Waals surface area contributed by atoms with Gasteiger partial charge in [0.1, 0.15) is 11.4 Å². The summed E-state index contributed by atoms with van der Waals surface area (Å²) >= 11 is 0. The summed E-state index contributed by atoms with van der Waals surface area (Å²) in [6, 6.07) is 8.55. The van der Waals surface area contributed by atoms with E-state index in [2.05, 4.69) is 11.4 Å². The fourth-order valence-electron chi connectivity index (χ4n) is 5.31. The van der Waals surface area contributed by atoms with Crippen LogP contribution >= 0.6 is 0 Å². The molecule has 6 heteroatoms. The number of hydrogen-bond donors (Lipinski definition) is 1. The summed E-state index contributed by atoms with van der Waals surface area (Å²) in [5.74, 6) is 1.63. The first-order chi connectivity index (χ1) is 14.6. The molecule has 0 unspecified atom stereocenters. The Morgan fingerprint density at radius 2 is 1.80 bits per heavy atom. The van der Waals surface area contributed by atoms with Gasteiger partial charge in [-0.05, 0) is 43.7 Å². The smallest absolute Gasteiger partial charge is 0.225 e. The molecule has 5 rings (SSSR count). The van der Waals surface area contributed by atoms with E-state index in [9.17, 15) is 9.59 Å². The van der Waals surface area contributed by atoms with E-state index in [1.807, 2.05) is 23.1 Å². The molecule has 1 aromatic carbocycles. The molecule has 3 aliphatic heterocycles. The molecular weight excluding hydrogens is 380 g/mol. The highest BCUT2D eigenvalue weighted by molar-refractivity contribution is 5.79. The summed E-state index contributed by atoms with van der Waals surface area (Å²) in [6.45, 7) is 2.86. The predicted octanol–water partition coefficient (Wildman–Crippen LogP) is 3.01. The first kappa shape index (κ1) is 19.9. The number of nitrogens with one attached hydrogen (secondary N) is 1. The lowest BCUT2D eigenvalue weighted by Crippen LogP contribution is -2.53. The number of rotatable bonds is 4. The van der Waals surface area contributed by atoms with Gasteiger partial charge in [0, 0.05) is 63.4 Å². The average molecular weight is 413 g/mol. The van der Waals surface area contributed by atoms with Crippen LogP contribution in [0.5, 0.6) is 5.75 Å². The Balaban J connectivity index is 1.26. The number of ether oxygens (including phenoxy) is 2. The van der Waals surface area contributed by atoms with Gasteiger partial charge in [-0.2, -0.15) is 0 Å². The summed E-state index contributed by atoms with van der Waals surface area (Å²) in [4.78, 5) is 27.5. The maximum atomic E-state index is 12.9. The quantitative estimate of drug-likeness (QED) is 0.826. The standard InChI is InChI=1S/C24H32N2O4/c27-22(25-19-5-6-19)15-18-16-24(30-21-4-2-1-3-20(18)21)9-11-26(12-10-24)23(28)17-7-13-29-14-8-17/h1-4,17-19H,5-16H2,(H,25,27)/t18-/m1/s1. The van der Waals surface area contributed by atoms with Gasteiger partial charge in [0.05, 0.1) is 0 Å². The largest absolute Gasteiger partial charge is 0.487 e.